The van der Waals surface area contributed by atoms with Crippen molar-refractivity contribution in [1.29, 1.82) is 0 Å². The number of carboxylic acid groups (broad SMARTS) is 1. The standard InChI is InChI=1S/C17H24O4/c1-17(2)11-12(8-9-21-17)14(10-16(18)19)13-6-4-5-7-15(13)20-3/h4-7,12,14H,8-11H2,1-3H3,(H,18,19)/t12-,14-/m0/s1. The summed E-state index contributed by atoms with van der Waals surface area (Å²) in [6.45, 7) is 4.82. The van der Waals surface area contributed by atoms with Gasteiger partial charge in [-0.25, -0.2) is 0 Å². The van der Waals surface area contributed by atoms with Gasteiger partial charge in [0.15, 0.2) is 0 Å². The zero-order valence-electron chi connectivity index (χ0n) is 13.0. The van der Waals surface area contributed by atoms with Gasteiger partial charge in [-0.15, -0.1) is 0 Å². The summed E-state index contributed by atoms with van der Waals surface area (Å²) in [5, 5.41) is 9.30. The van der Waals surface area contributed by atoms with Gasteiger partial charge < -0.3 is 14.6 Å². The van der Waals surface area contributed by atoms with E-state index in [1.807, 2.05) is 24.3 Å². The predicted molar refractivity (Wildman–Crippen MR) is 80.7 cm³/mol. The number of methoxy groups -OCH3 is 1. The molecule has 1 N–H and O–H groups in total. The lowest BCUT2D eigenvalue weighted by Crippen LogP contribution is -2.36. The number of benzene rings is 1. The Morgan fingerprint density at radius 1 is 1.48 bits per heavy atom. The molecule has 0 saturated carbocycles. The molecule has 1 aromatic rings. The minimum Gasteiger partial charge on any atom is -0.496 e. The summed E-state index contributed by atoms with van der Waals surface area (Å²) >= 11 is 0. The highest BCUT2D eigenvalue weighted by molar-refractivity contribution is 5.68. The third-order valence-corrected chi connectivity index (χ3v) is 4.24. The minimum atomic E-state index is -0.768. The summed E-state index contributed by atoms with van der Waals surface area (Å²) in [5.41, 5.74) is 0.798. The molecule has 2 rings (SSSR count). The van der Waals surface area contributed by atoms with E-state index in [-0.39, 0.29) is 17.9 Å². The topological polar surface area (TPSA) is 55.8 Å². The number of carbonyl (C=O) groups is 1. The van der Waals surface area contributed by atoms with Gasteiger partial charge in [0.2, 0.25) is 0 Å². The molecule has 0 aliphatic carbocycles. The average Bonchev–Trinajstić information content (AvgIpc) is 2.43. The molecule has 1 aliphatic heterocycles. The van der Waals surface area contributed by atoms with Gasteiger partial charge in [-0.1, -0.05) is 18.2 Å². The zero-order valence-corrected chi connectivity index (χ0v) is 13.0. The fraction of sp³-hybridized carbons (Fsp3) is 0.588. The smallest absolute Gasteiger partial charge is 0.303 e. The fourth-order valence-corrected chi connectivity index (χ4v) is 3.31. The average molecular weight is 292 g/mol. The molecule has 116 valence electrons. The first-order valence-corrected chi connectivity index (χ1v) is 7.41. The van der Waals surface area contributed by atoms with E-state index in [0.29, 0.717) is 12.5 Å². The van der Waals surface area contributed by atoms with Crippen LogP contribution in [-0.4, -0.2) is 30.4 Å². The molecular formula is C17H24O4. The number of ether oxygens (including phenoxy) is 2. The number of hydrogen-bond donors (Lipinski definition) is 1. The van der Waals surface area contributed by atoms with E-state index in [2.05, 4.69) is 13.8 Å². The largest absolute Gasteiger partial charge is 0.496 e. The maximum Gasteiger partial charge on any atom is 0.303 e. The van der Waals surface area contributed by atoms with Crippen LogP contribution >= 0.6 is 0 Å². The lowest BCUT2D eigenvalue weighted by atomic mass is 9.75. The third kappa shape index (κ3) is 3.97. The molecular weight excluding hydrogens is 268 g/mol. The second kappa shape index (κ2) is 6.48. The first-order chi connectivity index (χ1) is 9.93. The number of rotatable bonds is 5. The van der Waals surface area contributed by atoms with Crippen LogP contribution in [0.3, 0.4) is 0 Å². The highest BCUT2D eigenvalue weighted by Gasteiger charge is 2.36. The quantitative estimate of drug-likeness (QED) is 0.903. The van der Waals surface area contributed by atoms with Crippen molar-refractivity contribution in [2.75, 3.05) is 13.7 Å². The molecule has 1 heterocycles. The van der Waals surface area contributed by atoms with E-state index in [0.717, 1.165) is 24.2 Å². The van der Waals surface area contributed by atoms with E-state index < -0.39 is 5.97 Å². The van der Waals surface area contributed by atoms with Crippen molar-refractivity contribution >= 4 is 5.97 Å². The summed E-state index contributed by atoms with van der Waals surface area (Å²) in [6, 6.07) is 7.73. The van der Waals surface area contributed by atoms with Crippen LogP contribution in [0.4, 0.5) is 0 Å². The highest BCUT2D eigenvalue weighted by Crippen LogP contribution is 2.42. The Bertz CT molecular complexity index is 495. The first kappa shape index (κ1) is 15.8. The van der Waals surface area contributed by atoms with Gasteiger partial charge in [0.05, 0.1) is 19.1 Å². The molecule has 1 fully saturated rings. The van der Waals surface area contributed by atoms with Crippen LogP contribution in [-0.2, 0) is 9.53 Å². The Hall–Kier alpha value is -1.55. The zero-order chi connectivity index (χ0) is 15.5. The highest BCUT2D eigenvalue weighted by atomic mass is 16.5. The second-order valence-electron chi connectivity index (χ2n) is 6.31. The molecule has 4 heteroatoms. The second-order valence-corrected chi connectivity index (χ2v) is 6.31. The van der Waals surface area contributed by atoms with Gasteiger partial charge in [0, 0.05) is 12.5 Å². The first-order valence-electron chi connectivity index (χ1n) is 7.41. The van der Waals surface area contributed by atoms with E-state index in [1.165, 1.54) is 0 Å². The molecule has 2 atom stereocenters. The Balaban J connectivity index is 2.31. The number of para-hydroxylation sites is 1. The molecule has 0 amide bonds. The molecule has 4 nitrogen and oxygen atoms in total. The maximum absolute atomic E-state index is 11.3. The van der Waals surface area contributed by atoms with Crippen molar-refractivity contribution in [2.45, 2.75) is 44.6 Å². The van der Waals surface area contributed by atoms with Crippen LogP contribution < -0.4 is 4.74 Å². The van der Waals surface area contributed by atoms with E-state index in [9.17, 15) is 9.90 Å². The molecule has 0 radical (unpaired) electrons. The van der Waals surface area contributed by atoms with Crippen LogP contribution in [0, 0.1) is 5.92 Å². The lowest BCUT2D eigenvalue weighted by Gasteiger charge is -2.39. The van der Waals surface area contributed by atoms with Crippen molar-refractivity contribution < 1.29 is 19.4 Å². The van der Waals surface area contributed by atoms with Crippen molar-refractivity contribution in [1.82, 2.24) is 0 Å². The summed E-state index contributed by atoms with van der Waals surface area (Å²) in [6.07, 6.45) is 1.88. The van der Waals surface area contributed by atoms with Gasteiger partial charge in [0.1, 0.15) is 5.75 Å². The van der Waals surface area contributed by atoms with Gasteiger partial charge in [-0.05, 0) is 44.2 Å². The van der Waals surface area contributed by atoms with E-state index >= 15 is 0 Å². The summed E-state index contributed by atoms with van der Waals surface area (Å²) in [7, 11) is 1.63. The summed E-state index contributed by atoms with van der Waals surface area (Å²) < 4.78 is 11.2. The van der Waals surface area contributed by atoms with Crippen LogP contribution in [0.5, 0.6) is 5.75 Å². The van der Waals surface area contributed by atoms with Crippen LogP contribution in [0.2, 0.25) is 0 Å². The van der Waals surface area contributed by atoms with E-state index in [4.69, 9.17) is 9.47 Å². The Morgan fingerprint density at radius 3 is 2.81 bits per heavy atom. The molecule has 1 aliphatic rings. The number of aliphatic carboxylic acids is 1. The maximum atomic E-state index is 11.3. The lowest BCUT2D eigenvalue weighted by molar-refractivity contribution is -0.138. The van der Waals surface area contributed by atoms with Crippen molar-refractivity contribution in [3.05, 3.63) is 29.8 Å². The van der Waals surface area contributed by atoms with Crippen LogP contribution in [0.25, 0.3) is 0 Å². The Kier molecular flexibility index (Phi) is 4.88. The molecule has 1 saturated heterocycles. The van der Waals surface area contributed by atoms with Crippen molar-refractivity contribution in [3.63, 3.8) is 0 Å². The van der Waals surface area contributed by atoms with Gasteiger partial charge in [-0.2, -0.15) is 0 Å². The fourth-order valence-electron chi connectivity index (χ4n) is 3.31. The van der Waals surface area contributed by atoms with Gasteiger partial charge in [-0.3, -0.25) is 4.79 Å². The predicted octanol–water partition coefficient (Wildman–Crippen LogP) is 3.46. The van der Waals surface area contributed by atoms with Crippen molar-refractivity contribution in [2.24, 2.45) is 5.92 Å². The summed E-state index contributed by atoms with van der Waals surface area (Å²) in [5.74, 6) is 0.256. The molecule has 21 heavy (non-hydrogen) atoms. The molecule has 0 spiro atoms. The minimum absolute atomic E-state index is 0.0400. The molecule has 1 aromatic carbocycles. The normalized spacial score (nSPS) is 22.5. The number of hydrogen-bond acceptors (Lipinski definition) is 3. The number of carboxylic acids is 1. The molecule has 0 bridgehead atoms. The van der Waals surface area contributed by atoms with Crippen molar-refractivity contribution in [3.8, 4) is 5.75 Å². The van der Waals surface area contributed by atoms with Crippen LogP contribution in [0.15, 0.2) is 24.3 Å². The molecule has 0 aromatic heterocycles. The van der Waals surface area contributed by atoms with Gasteiger partial charge in [0.25, 0.3) is 0 Å². The SMILES string of the molecule is COc1ccccc1[C@@H](CC(=O)O)[C@H]1CCOC(C)(C)C1. The van der Waals surface area contributed by atoms with Gasteiger partial charge >= 0.3 is 5.97 Å². The van der Waals surface area contributed by atoms with Crippen LogP contribution in [0.1, 0.15) is 44.6 Å². The van der Waals surface area contributed by atoms with E-state index in [1.54, 1.807) is 7.11 Å². The Morgan fingerprint density at radius 2 is 2.19 bits per heavy atom. The Labute approximate surface area is 126 Å². The summed E-state index contributed by atoms with van der Waals surface area (Å²) in [4.78, 5) is 11.3. The third-order valence-electron chi connectivity index (χ3n) is 4.24. The monoisotopic (exact) mass is 292 g/mol. The molecule has 0 unspecified atom stereocenters.